The first-order valence-corrected chi connectivity index (χ1v) is 11.4. The molecule has 0 spiro atoms. The van der Waals surface area contributed by atoms with E-state index in [-0.39, 0.29) is 0 Å². The summed E-state index contributed by atoms with van der Waals surface area (Å²) in [5.74, 6) is 0. The number of nitrogens with zero attached hydrogens (tertiary/aromatic N) is 4. The molecule has 4 rings (SSSR count). The van der Waals surface area contributed by atoms with Crippen molar-refractivity contribution in [3.05, 3.63) is 34.0 Å². The van der Waals surface area contributed by atoms with Crippen LogP contribution in [0.4, 0.5) is 14.8 Å². The first-order chi connectivity index (χ1) is 14.8. The highest BCUT2D eigenvalue weighted by Crippen LogP contribution is 2.26. The van der Waals surface area contributed by atoms with Crippen LogP contribution < -0.4 is 20.7 Å². The van der Waals surface area contributed by atoms with Gasteiger partial charge in [0.25, 0.3) is 0 Å². The van der Waals surface area contributed by atoms with Gasteiger partial charge in [0.15, 0.2) is 0 Å². The Bertz CT molecular complexity index is 814. The Balaban J connectivity index is 1.20. The van der Waals surface area contributed by atoms with Crippen LogP contribution in [0.25, 0.3) is 0 Å². The fourth-order valence-corrected chi connectivity index (χ4v) is 4.93. The van der Waals surface area contributed by atoms with Crippen molar-refractivity contribution in [2.45, 2.75) is 0 Å². The van der Waals surface area contributed by atoms with E-state index >= 15 is 0 Å². The molecule has 0 aliphatic carbocycles. The van der Waals surface area contributed by atoms with Crippen LogP contribution in [0.1, 0.15) is 9.75 Å². The third kappa shape index (κ3) is 5.79. The van der Waals surface area contributed by atoms with Crippen LogP contribution in [-0.4, -0.2) is 71.1 Å². The minimum atomic E-state index is -0.489. The topological polar surface area (TPSA) is 90.8 Å². The summed E-state index contributed by atoms with van der Waals surface area (Å²) in [6.45, 7) is 6.60. The summed E-state index contributed by atoms with van der Waals surface area (Å²) in [6, 6.07) is 7.61. The number of morpholine rings is 2. The lowest BCUT2D eigenvalue weighted by molar-refractivity contribution is 0.123. The summed E-state index contributed by atoms with van der Waals surface area (Å²) >= 11 is 3.26. The van der Waals surface area contributed by atoms with Crippen molar-refractivity contribution in [3.8, 4) is 0 Å². The van der Waals surface area contributed by atoms with E-state index in [1.54, 1.807) is 35.1 Å². The van der Waals surface area contributed by atoms with Gasteiger partial charge in [-0.3, -0.25) is 0 Å². The Morgan fingerprint density at radius 1 is 0.800 bits per heavy atom. The maximum Gasteiger partial charge on any atom is 0.355 e. The molecular weight excluding hydrogens is 424 g/mol. The normalized spacial score (nSPS) is 17.7. The molecule has 30 heavy (non-hydrogen) atoms. The van der Waals surface area contributed by atoms with Gasteiger partial charge >= 0.3 is 6.03 Å². The van der Waals surface area contributed by atoms with Gasteiger partial charge < -0.3 is 19.3 Å². The van der Waals surface area contributed by atoms with Crippen LogP contribution >= 0.6 is 22.7 Å². The smallest absolute Gasteiger partial charge is 0.355 e. The zero-order valence-electron chi connectivity index (χ0n) is 16.5. The monoisotopic (exact) mass is 448 g/mol. The van der Waals surface area contributed by atoms with Gasteiger partial charge in [-0.2, -0.15) is 10.2 Å². The van der Waals surface area contributed by atoms with E-state index in [0.29, 0.717) is 0 Å². The van der Waals surface area contributed by atoms with E-state index < -0.39 is 6.03 Å². The lowest BCUT2D eigenvalue weighted by atomic mass is 10.4. The second kappa shape index (κ2) is 10.5. The van der Waals surface area contributed by atoms with Crippen molar-refractivity contribution >= 4 is 51.1 Å². The molecule has 2 aromatic heterocycles. The number of rotatable bonds is 6. The number of amides is 2. The zero-order chi connectivity index (χ0) is 20.6. The maximum atomic E-state index is 11.8. The number of carbonyl (C=O) groups excluding carboxylic acids is 1. The second-order valence-corrected chi connectivity index (χ2v) is 8.81. The Kier molecular flexibility index (Phi) is 7.29. The molecule has 160 valence electrons. The number of nitrogens with one attached hydrogen (secondary N) is 2. The molecule has 2 aromatic rings. The molecule has 11 heteroatoms. The van der Waals surface area contributed by atoms with Gasteiger partial charge in [0.05, 0.1) is 48.9 Å². The average Bonchev–Trinajstić information content (AvgIpc) is 3.45. The Morgan fingerprint density at radius 3 is 1.67 bits per heavy atom. The molecule has 2 aliphatic heterocycles. The lowest BCUT2D eigenvalue weighted by Gasteiger charge is -2.27. The van der Waals surface area contributed by atoms with Crippen LogP contribution in [0, 0.1) is 0 Å². The van der Waals surface area contributed by atoms with E-state index in [2.05, 4.69) is 43.0 Å². The molecule has 2 saturated heterocycles. The number of ether oxygens (including phenoxy) is 2. The van der Waals surface area contributed by atoms with Crippen molar-refractivity contribution in [2.24, 2.45) is 10.2 Å². The quantitative estimate of drug-likeness (QED) is 0.522. The summed E-state index contributed by atoms with van der Waals surface area (Å²) in [5, 5.41) is 10.3. The molecule has 2 N–H and O–H groups in total. The second-order valence-electron chi connectivity index (χ2n) is 6.62. The third-order valence-electron chi connectivity index (χ3n) is 4.59. The summed E-state index contributed by atoms with van der Waals surface area (Å²) in [6.07, 6.45) is 3.26. The van der Waals surface area contributed by atoms with Gasteiger partial charge in [0.1, 0.15) is 0 Å². The Morgan fingerprint density at radius 2 is 1.23 bits per heavy atom. The van der Waals surface area contributed by atoms with Gasteiger partial charge in [0.2, 0.25) is 0 Å². The molecule has 0 saturated carbocycles. The predicted octanol–water partition coefficient (Wildman–Crippen LogP) is 2.15. The van der Waals surface area contributed by atoms with Crippen molar-refractivity contribution < 1.29 is 14.3 Å². The molecular formula is C19H24N6O3S2. The molecule has 4 heterocycles. The van der Waals surface area contributed by atoms with Crippen molar-refractivity contribution in [3.63, 3.8) is 0 Å². The van der Waals surface area contributed by atoms with E-state index in [9.17, 15) is 4.79 Å². The standard InChI is InChI=1S/C19H24N6O3S2/c26-19(22-20-13-15-1-3-17(29-15)24-5-9-27-10-6-24)23-21-14-16-2-4-18(30-16)25-7-11-28-12-8-25/h1-4,13-14H,5-12H2,(H2,22,23,26)/b20-13-,21-14-. The van der Waals surface area contributed by atoms with Gasteiger partial charge in [-0.25, -0.2) is 15.6 Å². The predicted molar refractivity (Wildman–Crippen MR) is 122 cm³/mol. The number of hydrogen-bond acceptors (Lipinski definition) is 9. The molecule has 0 aromatic carbocycles. The minimum Gasteiger partial charge on any atom is -0.378 e. The van der Waals surface area contributed by atoms with Crippen LogP contribution in [-0.2, 0) is 9.47 Å². The largest absolute Gasteiger partial charge is 0.378 e. The molecule has 9 nitrogen and oxygen atoms in total. The van der Waals surface area contributed by atoms with Crippen LogP contribution in [0.3, 0.4) is 0 Å². The molecule has 2 aliphatic rings. The molecule has 0 unspecified atom stereocenters. The highest BCUT2D eigenvalue weighted by Gasteiger charge is 2.13. The summed E-state index contributed by atoms with van der Waals surface area (Å²) in [4.78, 5) is 18.3. The van der Waals surface area contributed by atoms with Crippen molar-refractivity contribution in [1.82, 2.24) is 10.9 Å². The first kappa shape index (κ1) is 20.8. The third-order valence-corrected chi connectivity index (χ3v) is 6.75. The van der Waals surface area contributed by atoms with E-state index in [1.807, 2.05) is 12.1 Å². The molecule has 0 bridgehead atoms. The first-order valence-electron chi connectivity index (χ1n) is 9.75. The minimum absolute atomic E-state index is 0.489. The lowest BCUT2D eigenvalue weighted by Crippen LogP contribution is -2.35. The summed E-state index contributed by atoms with van der Waals surface area (Å²) in [5.41, 5.74) is 4.85. The molecule has 0 radical (unpaired) electrons. The molecule has 0 atom stereocenters. The Labute approximate surface area is 183 Å². The fraction of sp³-hybridized carbons (Fsp3) is 0.421. The Hall–Kier alpha value is -2.47. The van der Waals surface area contributed by atoms with Gasteiger partial charge in [0, 0.05) is 35.9 Å². The number of anilines is 2. The van der Waals surface area contributed by atoms with Crippen LogP contribution in [0.15, 0.2) is 34.5 Å². The molecule has 2 fully saturated rings. The summed E-state index contributed by atoms with van der Waals surface area (Å²) in [7, 11) is 0. The maximum absolute atomic E-state index is 11.8. The van der Waals surface area contributed by atoms with Crippen LogP contribution in [0.2, 0.25) is 0 Å². The number of hydrazone groups is 2. The van der Waals surface area contributed by atoms with Crippen LogP contribution in [0.5, 0.6) is 0 Å². The van der Waals surface area contributed by atoms with Gasteiger partial charge in [-0.15, -0.1) is 22.7 Å². The number of urea groups is 1. The average molecular weight is 449 g/mol. The highest BCUT2D eigenvalue weighted by atomic mass is 32.1. The number of hydrogen-bond donors (Lipinski definition) is 2. The van der Waals surface area contributed by atoms with Gasteiger partial charge in [-0.05, 0) is 24.3 Å². The van der Waals surface area contributed by atoms with Gasteiger partial charge in [-0.1, -0.05) is 0 Å². The SMILES string of the molecule is O=C(N/N=C\c1ccc(N2CCOCC2)s1)N/N=C\c1ccc(N2CCOCC2)s1. The summed E-state index contributed by atoms with van der Waals surface area (Å²) < 4.78 is 10.7. The van der Waals surface area contributed by atoms with E-state index in [0.717, 1.165) is 62.4 Å². The zero-order valence-corrected chi connectivity index (χ0v) is 18.1. The fourth-order valence-electron chi connectivity index (χ4n) is 3.06. The van der Waals surface area contributed by atoms with Crippen molar-refractivity contribution in [1.29, 1.82) is 0 Å². The van der Waals surface area contributed by atoms with E-state index in [1.165, 1.54) is 10.0 Å². The number of carbonyl (C=O) groups is 1. The van der Waals surface area contributed by atoms with Crippen molar-refractivity contribution in [2.75, 3.05) is 62.4 Å². The van der Waals surface area contributed by atoms with E-state index in [4.69, 9.17) is 9.47 Å². The highest BCUT2D eigenvalue weighted by molar-refractivity contribution is 7.18. The number of thiophene rings is 2. The molecule has 2 amide bonds.